The summed E-state index contributed by atoms with van der Waals surface area (Å²) in [6.45, 7) is 23.0. The van der Waals surface area contributed by atoms with Crippen LogP contribution in [0.1, 0.15) is 20.8 Å². The molecule has 0 heterocycles. The number of rotatable bonds is 5. The second kappa shape index (κ2) is 5.68. The largest absolute Gasteiger partial charge is 0.413 e. The molecule has 0 radical (unpaired) electrons. The summed E-state index contributed by atoms with van der Waals surface area (Å²) in [5.41, 5.74) is 3.64. The Balaban J connectivity index is 4.66. The van der Waals surface area contributed by atoms with Crippen LogP contribution in [0.2, 0.25) is 37.8 Å². The lowest BCUT2D eigenvalue weighted by atomic mass is 10.2. The molecule has 100 valence electrons. The van der Waals surface area contributed by atoms with Gasteiger partial charge in [0.15, 0.2) is 8.32 Å². The Morgan fingerprint density at radius 3 is 1.88 bits per heavy atom. The van der Waals surface area contributed by atoms with E-state index in [0.717, 1.165) is 6.61 Å². The molecule has 0 aromatic heterocycles. The van der Waals surface area contributed by atoms with Gasteiger partial charge in [-0.1, -0.05) is 58.8 Å². The molecule has 0 fully saturated rings. The summed E-state index contributed by atoms with van der Waals surface area (Å²) in [6, 6.07) is 0. The fourth-order valence-electron chi connectivity index (χ4n) is 1.20. The van der Waals surface area contributed by atoms with E-state index >= 15 is 0 Å². The topological polar surface area (TPSA) is 9.23 Å². The number of hydrogen-bond donors (Lipinski definition) is 0. The molecular weight excluding hydrogens is 240 g/mol. The lowest BCUT2D eigenvalue weighted by Crippen LogP contribution is -2.41. The molecule has 3 heteroatoms. The SMILES string of the molecule is C=C/C(=C\[Si](C)(C)C)CO[Si](C)(C)C(C)(C)C. The van der Waals surface area contributed by atoms with Gasteiger partial charge in [-0.3, -0.25) is 0 Å². The van der Waals surface area contributed by atoms with Crippen molar-refractivity contribution in [3.63, 3.8) is 0 Å². The maximum atomic E-state index is 6.21. The molecule has 0 atom stereocenters. The van der Waals surface area contributed by atoms with Gasteiger partial charge in [-0.15, -0.1) is 0 Å². The Morgan fingerprint density at radius 2 is 1.59 bits per heavy atom. The fourth-order valence-corrected chi connectivity index (χ4v) is 3.47. The van der Waals surface area contributed by atoms with Crippen molar-refractivity contribution in [2.75, 3.05) is 6.61 Å². The van der Waals surface area contributed by atoms with Crippen molar-refractivity contribution in [2.24, 2.45) is 0 Å². The van der Waals surface area contributed by atoms with E-state index in [-0.39, 0.29) is 5.04 Å². The molecule has 0 spiro atoms. The summed E-state index contributed by atoms with van der Waals surface area (Å²) >= 11 is 0. The first-order valence-corrected chi connectivity index (χ1v) is 12.9. The molecule has 0 aromatic carbocycles. The van der Waals surface area contributed by atoms with Crippen molar-refractivity contribution in [3.05, 3.63) is 23.9 Å². The molecule has 0 unspecified atom stereocenters. The van der Waals surface area contributed by atoms with Gasteiger partial charge in [-0.25, -0.2) is 0 Å². The lowest BCUT2D eigenvalue weighted by Gasteiger charge is -2.36. The second-order valence-electron chi connectivity index (χ2n) is 7.34. The minimum atomic E-state index is -1.63. The van der Waals surface area contributed by atoms with Crippen LogP contribution < -0.4 is 0 Å². The lowest BCUT2D eigenvalue weighted by molar-refractivity contribution is 0.322. The van der Waals surface area contributed by atoms with Gasteiger partial charge in [0.2, 0.25) is 0 Å². The van der Waals surface area contributed by atoms with Crippen molar-refractivity contribution in [1.82, 2.24) is 0 Å². The van der Waals surface area contributed by atoms with Crippen LogP contribution >= 0.6 is 0 Å². The minimum Gasteiger partial charge on any atom is -0.413 e. The normalized spacial score (nSPS) is 14.9. The molecule has 0 aromatic rings. The van der Waals surface area contributed by atoms with Gasteiger partial charge in [0.25, 0.3) is 0 Å². The van der Waals surface area contributed by atoms with E-state index in [0.29, 0.717) is 0 Å². The highest BCUT2D eigenvalue weighted by molar-refractivity contribution is 6.81. The van der Waals surface area contributed by atoms with E-state index in [1.807, 2.05) is 6.08 Å². The monoisotopic (exact) mass is 270 g/mol. The molecular formula is C14H30OSi2. The van der Waals surface area contributed by atoms with Crippen LogP contribution in [0, 0.1) is 0 Å². The summed E-state index contributed by atoms with van der Waals surface area (Å²) in [4.78, 5) is 0. The van der Waals surface area contributed by atoms with Crippen LogP contribution in [0.5, 0.6) is 0 Å². The molecule has 17 heavy (non-hydrogen) atoms. The van der Waals surface area contributed by atoms with E-state index < -0.39 is 16.4 Å². The molecule has 0 aliphatic rings. The van der Waals surface area contributed by atoms with Crippen LogP contribution in [0.3, 0.4) is 0 Å². The standard InChI is InChI=1S/C14H30OSi2/c1-10-13(12-16(5,6)7)11-15-17(8,9)14(2,3)4/h10,12H,1,11H2,2-9H3/b13-12+. The molecule has 0 rings (SSSR count). The Morgan fingerprint density at radius 1 is 1.12 bits per heavy atom. The van der Waals surface area contributed by atoms with Crippen LogP contribution in [0.15, 0.2) is 23.9 Å². The van der Waals surface area contributed by atoms with Gasteiger partial charge in [0.05, 0.1) is 14.7 Å². The maximum Gasteiger partial charge on any atom is 0.192 e. The van der Waals surface area contributed by atoms with Crippen molar-refractivity contribution < 1.29 is 4.43 Å². The zero-order valence-corrected chi connectivity index (χ0v) is 15.0. The Kier molecular flexibility index (Phi) is 5.63. The predicted octanol–water partition coefficient (Wildman–Crippen LogP) is 5.00. The highest BCUT2D eigenvalue weighted by Gasteiger charge is 2.37. The van der Waals surface area contributed by atoms with Crippen molar-refractivity contribution in [3.8, 4) is 0 Å². The highest BCUT2D eigenvalue weighted by Crippen LogP contribution is 2.36. The van der Waals surface area contributed by atoms with Gasteiger partial charge in [0, 0.05) is 0 Å². The molecule has 0 aliphatic heterocycles. The van der Waals surface area contributed by atoms with Crippen LogP contribution in [0.25, 0.3) is 0 Å². The van der Waals surface area contributed by atoms with Gasteiger partial charge in [-0.2, -0.15) is 0 Å². The number of hydrogen-bond acceptors (Lipinski definition) is 1. The molecule has 0 saturated heterocycles. The van der Waals surface area contributed by atoms with E-state index in [4.69, 9.17) is 4.43 Å². The quantitative estimate of drug-likeness (QED) is 0.505. The first-order valence-electron chi connectivity index (χ1n) is 6.37. The summed E-state index contributed by atoms with van der Waals surface area (Å²) in [5, 5.41) is 0.276. The predicted molar refractivity (Wildman–Crippen MR) is 84.8 cm³/mol. The van der Waals surface area contributed by atoms with Crippen LogP contribution in [-0.4, -0.2) is 23.0 Å². The molecule has 0 saturated carbocycles. The van der Waals surface area contributed by atoms with Crippen LogP contribution in [0.4, 0.5) is 0 Å². The third-order valence-corrected chi connectivity index (χ3v) is 9.00. The van der Waals surface area contributed by atoms with Crippen LogP contribution in [-0.2, 0) is 4.43 Å². The minimum absolute atomic E-state index is 0.276. The zero-order valence-electron chi connectivity index (χ0n) is 13.0. The summed E-state index contributed by atoms with van der Waals surface area (Å²) in [7, 11) is -2.81. The van der Waals surface area contributed by atoms with Gasteiger partial charge in [-0.05, 0) is 23.7 Å². The van der Waals surface area contributed by atoms with E-state index in [2.05, 4.69) is 65.8 Å². The van der Waals surface area contributed by atoms with E-state index in [1.54, 1.807) is 0 Å². The van der Waals surface area contributed by atoms with E-state index in [9.17, 15) is 0 Å². The van der Waals surface area contributed by atoms with Crippen molar-refractivity contribution >= 4 is 16.4 Å². The van der Waals surface area contributed by atoms with Gasteiger partial charge in [0.1, 0.15) is 0 Å². The molecule has 1 nitrogen and oxygen atoms in total. The third-order valence-electron chi connectivity index (χ3n) is 3.29. The van der Waals surface area contributed by atoms with Crippen molar-refractivity contribution in [1.29, 1.82) is 0 Å². The first kappa shape index (κ1) is 16.9. The Hall–Kier alpha value is -0.126. The van der Waals surface area contributed by atoms with E-state index in [1.165, 1.54) is 5.57 Å². The second-order valence-corrected chi connectivity index (χ2v) is 17.2. The molecule has 0 N–H and O–H groups in total. The zero-order chi connectivity index (χ0) is 13.9. The first-order chi connectivity index (χ1) is 7.39. The third kappa shape index (κ3) is 6.39. The smallest absolute Gasteiger partial charge is 0.192 e. The highest BCUT2D eigenvalue weighted by atomic mass is 28.4. The maximum absolute atomic E-state index is 6.21. The van der Waals surface area contributed by atoms with Gasteiger partial charge < -0.3 is 4.43 Å². The fraction of sp³-hybridized carbons (Fsp3) is 0.714. The summed E-state index contributed by atoms with van der Waals surface area (Å²) < 4.78 is 6.21. The summed E-state index contributed by atoms with van der Waals surface area (Å²) in [5.74, 6) is 0. The average Bonchev–Trinajstić information content (AvgIpc) is 2.08. The molecule has 0 bridgehead atoms. The molecule has 0 aliphatic carbocycles. The average molecular weight is 271 g/mol. The molecule has 0 amide bonds. The van der Waals surface area contributed by atoms with Crippen molar-refractivity contribution in [2.45, 2.75) is 58.5 Å². The summed E-state index contributed by atoms with van der Waals surface area (Å²) in [6.07, 6.45) is 1.95. The van der Waals surface area contributed by atoms with Gasteiger partial charge >= 0.3 is 0 Å². The Labute approximate surface area is 110 Å². The Bertz CT molecular complexity index is 290.